The molecule has 1 saturated heterocycles. The maximum Gasteiger partial charge on any atom is 0.201 e. The molecule has 1 heterocycles. The number of hydrogen-bond acceptors (Lipinski definition) is 4. The van der Waals surface area contributed by atoms with Crippen LogP contribution in [0.5, 0.6) is 0 Å². The van der Waals surface area contributed by atoms with E-state index in [9.17, 15) is 8.42 Å². The third-order valence-corrected chi connectivity index (χ3v) is 7.84. The van der Waals surface area contributed by atoms with Crippen LogP contribution < -0.4 is 10.6 Å². The Bertz CT molecular complexity index is 845. The lowest BCUT2D eigenvalue weighted by Crippen LogP contribution is -2.54. The summed E-state index contributed by atoms with van der Waals surface area (Å²) in [7, 11) is -3.54. The number of piperidine rings is 1. The standard InChI is InChI=1S/C20H24N2O2S/c23-25(24,18-7-2-1-3-8-18)20(22-17-11-14-21-15-12-17)13-10-16-6-4-5-9-19(16)20/h1-9,17,21-22H,10-15H2. The predicted octanol–water partition coefficient (Wildman–Crippen LogP) is 2.60. The van der Waals surface area contributed by atoms with Crippen LogP contribution in [0.4, 0.5) is 0 Å². The average Bonchev–Trinajstić information content (AvgIpc) is 3.04. The number of benzene rings is 2. The molecule has 1 aliphatic carbocycles. The molecule has 0 radical (unpaired) electrons. The van der Waals surface area contributed by atoms with Crippen LogP contribution in [0, 0.1) is 0 Å². The molecule has 0 saturated carbocycles. The van der Waals surface area contributed by atoms with Crippen molar-refractivity contribution in [1.82, 2.24) is 10.6 Å². The van der Waals surface area contributed by atoms with Crippen LogP contribution in [-0.2, 0) is 21.1 Å². The molecule has 0 aromatic heterocycles. The van der Waals surface area contributed by atoms with Crippen molar-refractivity contribution in [2.24, 2.45) is 0 Å². The molecule has 2 N–H and O–H groups in total. The van der Waals surface area contributed by atoms with Crippen molar-refractivity contribution in [2.45, 2.75) is 41.5 Å². The molecular weight excluding hydrogens is 332 g/mol. The Labute approximate surface area is 149 Å². The molecule has 1 aliphatic heterocycles. The van der Waals surface area contributed by atoms with Crippen LogP contribution in [0.15, 0.2) is 59.5 Å². The third kappa shape index (κ3) is 2.80. The van der Waals surface area contributed by atoms with Crippen LogP contribution in [0.3, 0.4) is 0 Å². The van der Waals surface area contributed by atoms with Crippen molar-refractivity contribution < 1.29 is 8.42 Å². The van der Waals surface area contributed by atoms with E-state index in [1.165, 1.54) is 0 Å². The lowest BCUT2D eigenvalue weighted by molar-refractivity contribution is 0.316. The van der Waals surface area contributed by atoms with Gasteiger partial charge in [0.25, 0.3) is 0 Å². The normalized spacial score (nSPS) is 24.2. The lowest BCUT2D eigenvalue weighted by Gasteiger charge is -2.37. The molecule has 1 unspecified atom stereocenters. The van der Waals surface area contributed by atoms with Crippen LogP contribution >= 0.6 is 0 Å². The van der Waals surface area contributed by atoms with Gasteiger partial charge in [0.2, 0.25) is 9.84 Å². The zero-order chi connectivity index (χ0) is 17.3. The highest BCUT2D eigenvalue weighted by molar-refractivity contribution is 7.92. The maximum atomic E-state index is 13.7. The van der Waals surface area contributed by atoms with Crippen LogP contribution in [0.1, 0.15) is 30.4 Å². The van der Waals surface area contributed by atoms with E-state index < -0.39 is 14.7 Å². The van der Waals surface area contributed by atoms with Gasteiger partial charge < -0.3 is 5.32 Å². The third-order valence-electron chi connectivity index (χ3n) is 5.49. The number of rotatable bonds is 4. The summed E-state index contributed by atoms with van der Waals surface area (Å²) in [6.07, 6.45) is 3.29. The van der Waals surface area contributed by atoms with E-state index in [2.05, 4.69) is 16.7 Å². The van der Waals surface area contributed by atoms with Gasteiger partial charge in [-0.25, -0.2) is 8.42 Å². The predicted molar refractivity (Wildman–Crippen MR) is 99.1 cm³/mol. The van der Waals surface area contributed by atoms with Gasteiger partial charge in [-0.3, -0.25) is 5.32 Å². The van der Waals surface area contributed by atoms with E-state index in [1.54, 1.807) is 24.3 Å². The van der Waals surface area contributed by atoms with Crippen molar-refractivity contribution in [3.63, 3.8) is 0 Å². The Morgan fingerprint density at radius 2 is 1.64 bits per heavy atom. The minimum Gasteiger partial charge on any atom is -0.317 e. The summed E-state index contributed by atoms with van der Waals surface area (Å²) < 4.78 is 27.4. The first-order valence-corrected chi connectivity index (χ1v) is 10.5. The van der Waals surface area contributed by atoms with Crippen LogP contribution in [0.25, 0.3) is 0 Å². The molecular formula is C20H24N2O2S. The minimum atomic E-state index is -3.54. The fourth-order valence-electron chi connectivity index (χ4n) is 4.18. The Balaban J connectivity index is 1.83. The van der Waals surface area contributed by atoms with Gasteiger partial charge in [0.1, 0.15) is 0 Å². The second-order valence-corrected chi connectivity index (χ2v) is 9.14. The van der Waals surface area contributed by atoms with Gasteiger partial charge >= 0.3 is 0 Å². The highest BCUT2D eigenvalue weighted by Gasteiger charge is 2.51. The van der Waals surface area contributed by atoms with Crippen LogP contribution in [0.2, 0.25) is 0 Å². The fraction of sp³-hybridized carbons (Fsp3) is 0.400. The molecule has 25 heavy (non-hydrogen) atoms. The molecule has 4 rings (SSSR count). The van der Waals surface area contributed by atoms with Gasteiger partial charge in [0, 0.05) is 6.04 Å². The Kier molecular flexibility index (Phi) is 4.40. The van der Waals surface area contributed by atoms with Gasteiger partial charge in [-0.1, -0.05) is 42.5 Å². The fourth-order valence-corrected chi connectivity index (χ4v) is 6.28. The second-order valence-electron chi connectivity index (χ2n) is 6.97. The van der Waals surface area contributed by atoms with Crippen molar-refractivity contribution in [1.29, 1.82) is 0 Å². The molecule has 132 valence electrons. The molecule has 1 atom stereocenters. The average molecular weight is 356 g/mol. The summed E-state index contributed by atoms with van der Waals surface area (Å²) in [5.41, 5.74) is 2.07. The Morgan fingerprint density at radius 3 is 2.40 bits per heavy atom. The number of nitrogens with one attached hydrogen (secondary N) is 2. The molecule has 2 aromatic carbocycles. The maximum absolute atomic E-state index is 13.7. The number of aryl methyl sites for hydroxylation is 1. The van der Waals surface area contributed by atoms with Crippen molar-refractivity contribution >= 4 is 9.84 Å². The molecule has 5 heteroatoms. The molecule has 0 bridgehead atoms. The highest BCUT2D eigenvalue weighted by Crippen LogP contribution is 2.44. The number of fused-ring (bicyclic) bond motifs is 1. The van der Waals surface area contributed by atoms with Gasteiger partial charge in [0.15, 0.2) is 4.87 Å². The lowest BCUT2D eigenvalue weighted by atomic mass is 10.0. The Hall–Kier alpha value is -1.69. The van der Waals surface area contributed by atoms with Gasteiger partial charge in [-0.05, 0) is 62.0 Å². The van der Waals surface area contributed by atoms with Crippen LogP contribution in [-0.4, -0.2) is 27.5 Å². The Morgan fingerprint density at radius 1 is 0.960 bits per heavy atom. The summed E-state index contributed by atoms with van der Waals surface area (Å²) in [6.45, 7) is 1.86. The van der Waals surface area contributed by atoms with Crippen molar-refractivity contribution in [3.05, 3.63) is 65.7 Å². The van der Waals surface area contributed by atoms with Crippen molar-refractivity contribution in [2.75, 3.05) is 13.1 Å². The zero-order valence-corrected chi connectivity index (χ0v) is 15.1. The number of sulfone groups is 1. The topological polar surface area (TPSA) is 58.2 Å². The van der Waals surface area contributed by atoms with E-state index in [0.717, 1.165) is 43.5 Å². The summed E-state index contributed by atoms with van der Waals surface area (Å²) >= 11 is 0. The monoisotopic (exact) mass is 356 g/mol. The smallest absolute Gasteiger partial charge is 0.201 e. The minimum absolute atomic E-state index is 0.214. The summed E-state index contributed by atoms with van der Waals surface area (Å²) in [5.74, 6) is 0. The second kappa shape index (κ2) is 6.56. The zero-order valence-electron chi connectivity index (χ0n) is 14.2. The molecule has 0 spiro atoms. The summed E-state index contributed by atoms with van der Waals surface area (Å²) in [6, 6.07) is 17.1. The molecule has 1 fully saturated rings. The SMILES string of the molecule is O=S(=O)(c1ccccc1)C1(NC2CCNCC2)CCc2ccccc21. The molecule has 0 amide bonds. The van der Waals surface area contributed by atoms with E-state index >= 15 is 0 Å². The molecule has 4 nitrogen and oxygen atoms in total. The van der Waals surface area contributed by atoms with Gasteiger partial charge in [0.05, 0.1) is 4.90 Å². The highest BCUT2D eigenvalue weighted by atomic mass is 32.2. The molecule has 2 aromatic rings. The van der Waals surface area contributed by atoms with E-state index in [1.807, 2.05) is 24.3 Å². The van der Waals surface area contributed by atoms with Gasteiger partial charge in [-0.2, -0.15) is 0 Å². The first kappa shape index (κ1) is 16.8. The van der Waals surface area contributed by atoms with Gasteiger partial charge in [-0.15, -0.1) is 0 Å². The number of hydrogen-bond donors (Lipinski definition) is 2. The summed E-state index contributed by atoms with van der Waals surface area (Å²) in [5, 5.41) is 6.95. The quantitative estimate of drug-likeness (QED) is 0.884. The first-order valence-electron chi connectivity index (χ1n) is 9.00. The first-order chi connectivity index (χ1) is 12.1. The van der Waals surface area contributed by atoms with E-state index in [-0.39, 0.29) is 6.04 Å². The van der Waals surface area contributed by atoms with Crippen molar-refractivity contribution in [3.8, 4) is 0 Å². The largest absolute Gasteiger partial charge is 0.317 e. The van der Waals surface area contributed by atoms with E-state index in [4.69, 9.17) is 0 Å². The molecule has 2 aliphatic rings. The summed E-state index contributed by atoms with van der Waals surface area (Å²) in [4.78, 5) is -0.624. The van der Waals surface area contributed by atoms with E-state index in [0.29, 0.717) is 11.3 Å².